The number of hydrogen-bond donors (Lipinski definition) is 2. The Hall–Kier alpha value is -1.81. The Labute approximate surface area is 121 Å². The van der Waals surface area contributed by atoms with E-state index < -0.39 is 0 Å². The van der Waals surface area contributed by atoms with Crippen LogP contribution in [-0.4, -0.2) is 5.91 Å². The van der Waals surface area contributed by atoms with Gasteiger partial charge in [0.25, 0.3) is 5.91 Å². The zero-order valence-corrected chi connectivity index (χ0v) is 12.1. The minimum atomic E-state index is -0.0950. The first-order chi connectivity index (χ1) is 9.06. The lowest BCUT2D eigenvalue weighted by Crippen LogP contribution is -2.26. The van der Waals surface area contributed by atoms with Crippen molar-refractivity contribution in [2.75, 3.05) is 5.73 Å². The Balaban J connectivity index is 2.08. The molecule has 0 aromatic heterocycles. The van der Waals surface area contributed by atoms with Crippen molar-refractivity contribution < 1.29 is 4.79 Å². The van der Waals surface area contributed by atoms with Crippen molar-refractivity contribution in [1.29, 1.82) is 0 Å². The van der Waals surface area contributed by atoms with Gasteiger partial charge >= 0.3 is 0 Å². The fourth-order valence-corrected chi connectivity index (χ4v) is 2.06. The van der Waals surface area contributed by atoms with Gasteiger partial charge in [-0.3, -0.25) is 4.79 Å². The van der Waals surface area contributed by atoms with E-state index in [2.05, 4.69) is 21.2 Å². The molecule has 0 aliphatic heterocycles. The lowest BCUT2D eigenvalue weighted by atomic mass is 10.1. The molecule has 0 saturated carbocycles. The minimum absolute atomic E-state index is 0.0837. The van der Waals surface area contributed by atoms with Gasteiger partial charge in [0.15, 0.2) is 0 Å². The number of amides is 1. The number of nitrogen functional groups attached to an aromatic ring is 1. The quantitative estimate of drug-likeness (QED) is 0.851. The Morgan fingerprint density at radius 3 is 2.53 bits per heavy atom. The third kappa shape index (κ3) is 3.58. The Morgan fingerprint density at radius 1 is 1.21 bits per heavy atom. The number of carbonyl (C=O) groups is 1. The number of anilines is 1. The van der Waals surface area contributed by atoms with Crippen molar-refractivity contribution >= 4 is 27.5 Å². The smallest absolute Gasteiger partial charge is 0.251 e. The van der Waals surface area contributed by atoms with Crippen LogP contribution in [0, 0.1) is 0 Å². The standard InChI is InChI=1S/C15H15BrN2O/c1-10(12-3-2-4-14(17)9-12)18-15(19)11-5-7-13(16)8-6-11/h2-10H,17H2,1H3,(H,18,19). The monoisotopic (exact) mass is 318 g/mol. The van der Waals surface area contributed by atoms with E-state index in [0.29, 0.717) is 11.3 Å². The third-order valence-corrected chi connectivity index (χ3v) is 3.39. The summed E-state index contributed by atoms with van der Waals surface area (Å²) in [5, 5.41) is 2.95. The van der Waals surface area contributed by atoms with E-state index in [9.17, 15) is 4.79 Å². The van der Waals surface area contributed by atoms with Gasteiger partial charge in [0.2, 0.25) is 0 Å². The topological polar surface area (TPSA) is 55.1 Å². The molecule has 4 heteroatoms. The van der Waals surface area contributed by atoms with E-state index in [1.807, 2.05) is 43.3 Å². The molecule has 0 spiro atoms. The molecule has 0 bridgehead atoms. The molecule has 2 aromatic rings. The fourth-order valence-electron chi connectivity index (χ4n) is 1.79. The number of carbonyl (C=O) groups excluding carboxylic acids is 1. The van der Waals surface area contributed by atoms with Crippen molar-refractivity contribution in [3.8, 4) is 0 Å². The lowest BCUT2D eigenvalue weighted by molar-refractivity contribution is 0.0940. The highest BCUT2D eigenvalue weighted by Crippen LogP contribution is 2.16. The number of hydrogen-bond acceptors (Lipinski definition) is 2. The van der Waals surface area contributed by atoms with Crippen molar-refractivity contribution in [2.45, 2.75) is 13.0 Å². The van der Waals surface area contributed by atoms with Crippen LogP contribution in [0.2, 0.25) is 0 Å². The molecule has 1 unspecified atom stereocenters. The molecule has 0 heterocycles. The van der Waals surface area contributed by atoms with E-state index in [4.69, 9.17) is 5.73 Å². The minimum Gasteiger partial charge on any atom is -0.399 e. The highest BCUT2D eigenvalue weighted by atomic mass is 79.9. The zero-order chi connectivity index (χ0) is 13.8. The Bertz CT molecular complexity index is 581. The average Bonchev–Trinajstić information content (AvgIpc) is 2.39. The molecule has 19 heavy (non-hydrogen) atoms. The predicted octanol–water partition coefficient (Wildman–Crippen LogP) is 3.52. The number of nitrogens with one attached hydrogen (secondary N) is 1. The maximum Gasteiger partial charge on any atom is 0.251 e. The molecule has 2 aromatic carbocycles. The molecule has 3 N–H and O–H groups in total. The maximum atomic E-state index is 12.1. The summed E-state index contributed by atoms with van der Waals surface area (Å²) in [4.78, 5) is 12.1. The van der Waals surface area contributed by atoms with Gasteiger partial charge < -0.3 is 11.1 Å². The second-order valence-electron chi connectivity index (χ2n) is 4.37. The van der Waals surface area contributed by atoms with Crippen molar-refractivity contribution in [3.63, 3.8) is 0 Å². The number of benzene rings is 2. The van der Waals surface area contributed by atoms with Gasteiger partial charge in [-0.15, -0.1) is 0 Å². The molecule has 1 amide bonds. The van der Waals surface area contributed by atoms with E-state index >= 15 is 0 Å². The van der Waals surface area contributed by atoms with Crippen molar-refractivity contribution in [3.05, 3.63) is 64.1 Å². The van der Waals surface area contributed by atoms with Gasteiger partial charge in [-0.2, -0.15) is 0 Å². The molecule has 1 atom stereocenters. The summed E-state index contributed by atoms with van der Waals surface area (Å²) in [6.45, 7) is 1.94. The molecule has 98 valence electrons. The lowest BCUT2D eigenvalue weighted by Gasteiger charge is -2.15. The predicted molar refractivity (Wildman–Crippen MR) is 80.9 cm³/mol. The summed E-state index contributed by atoms with van der Waals surface area (Å²) in [6, 6.07) is 14.7. The van der Waals surface area contributed by atoms with Crippen LogP contribution < -0.4 is 11.1 Å². The van der Waals surface area contributed by atoms with Crippen LogP contribution >= 0.6 is 15.9 Å². The van der Waals surface area contributed by atoms with Crippen molar-refractivity contribution in [2.24, 2.45) is 0 Å². The van der Waals surface area contributed by atoms with Gasteiger partial charge in [-0.05, 0) is 48.9 Å². The summed E-state index contributed by atoms with van der Waals surface area (Å²) in [6.07, 6.45) is 0. The van der Waals surface area contributed by atoms with Gasteiger partial charge in [0.1, 0.15) is 0 Å². The summed E-state index contributed by atoms with van der Waals surface area (Å²) in [7, 11) is 0. The first kappa shape index (κ1) is 13.6. The highest BCUT2D eigenvalue weighted by molar-refractivity contribution is 9.10. The van der Waals surface area contributed by atoms with Gasteiger partial charge in [-0.25, -0.2) is 0 Å². The van der Waals surface area contributed by atoms with E-state index in [1.54, 1.807) is 12.1 Å². The molecule has 2 rings (SSSR count). The van der Waals surface area contributed by atoms with E-state index in [-0.39, 0.29) is 11.9 Å². The zero-order valence-electron chi connectivity index (χ0n) is 10.6. The SMILES string of the molecule is CC(NC(=O)c1ccc(Br)cc1)c1cccc(N)c1. The molecule has 0 radical (unpaired) electrons. The number of rotatable bonds is 3. The van der Waals surface area contributed by atoms with Gasteiger partial charge in [-0.1, -0.05) is 28.1 Å². The number of nitrogens with two attached hydrogens (primary N) is 1. The average molecular weight is 319 g/mol. The van der Waals surface area contributed by atoms with Gasteiger partial charge in [0, 0.05) is 15.7 Å². The normalized spacial score (nSPS) is 11.9. The maximum absolute atomic E-state index is 12.1. The van der Waals surface area contributed by atoms with E-state index in [1.165, 1.54) is 0 Å². The van der Waals surface area contributed by atoms with Crippen LogP contribution in [0.4, 0.5) is 5.69 Å². The van der Waals surface area contributed by atoms with Crippen LogP contribution in [0.15, 0.2) is 53.0 Å². The molecule has 0 aliphatic rings. The van der Waals surface area contributed by atoms with Crippen LogP contribution in [0.3, 0.4) is 0 Å². The number of halogens is 1. The molecule has 0 aliphatic carbocycles. The molecule has 3 nitrogen and oxygen atoms in total. The van der Waals surface area contributed by atoms with Crippen molar-refractivity contribution in [1.82, 2.24) is 5.32 Å². The van der Waals surface area contributed by atoms with Crippen LogP contribution in [0.5, 0.6) is 0 Å². The summed E-state index contributed by atoms with van der Waals surface area (Å²) >= 11 is 3.34. The third-order valence-electron chi connectivity index (χ3n) is 2.86. The second kappa shape index (κ2) is 5.89. The highest BCUT2D eigenvalue weighted by Gasteiger charge is 2.11. The first-order valence-electron chi connectivity index (χ1n) is 5.98. The molecular formula is C15H15BrN2O. The largest absolute Gasteiger partial charge is 0.399 e. The summed E-state index contributed by atoms with van der Waals surface area (Å²) < 4.78 is 0.952. The van der Waals surface area contributed by atoms with Crippen LogP contribution in [0.25, 0.3) is 0 Å². The summed E-state index contributed by atoms with van der Waals surface area (Å²) in [5.41, 5.74) is 8.06. The molecule has 0 saturated heterocycles. The second-order valence-corrected chi connectivity index (χ2v) is 5.29. The first-order valence-corrected chi connectivity index (χ1v) is 6.77. The fraction of sp³-hybridized carbons (Fsp3) is 0.133. The van der Waals surface area contributed by atoms with E-state index in [0.717, 1.165) is 10.0 Å². The van der Waals surface area contributed by atoms with Crippen LogP contribution in [-0.2, 0) is 0 Å². The molecule has 0 fully saturated rings. The molecular weight excluding hydrogens is 304 g/mol. The Kier molecular flexibility index (Phi) is 4.22. The van der Waals surface area contributed by atoms with Gasteiger partial charge in [0.05, 0.1) is 6.04 Å². The van der Waals surface area contributed by atoms with Crippen LogP contribution in [0.1, 0.15) is 28.9 Å². The Morgan fingerprint density at radius 2 is 1.89 bits per heavy atom. The summed E-state index contributed by atoms with van der Waals surface area (Å²) in [5.74, 6) is -0.0950.